The van der Waals surface area contributed by atoms with Gasteiger partial charge in [-0.15, -0.1) is 6.42 Å². The number of terminal acetylenes is 1. The minimum absolute atomic E-state index is 0.0107. The lowest BCUT2D eigenvalue weighted by Gasteiger charge is -2.20. The number of carbonyl (C=O) groups excluding carboxylic acids is 1. The Morgan fingerprint density at radius 3 is 2.86 bits per heavy atom. The third kappa shape index (κ3) is 2.61. The smallest absolute Gasteiger partial charge is 0.249 e. The van der Waals surface area contributed by atoms with E-state index in [2.05, 4.69) is 10.9 Å². The summed E-state index contributed by atoms with van der Waals surface area (Å²) in [6.45, 7) is -0.262. The highest BCUT2D eigenvalue weighted by molar-refractivity contribution is 6.32. The van der Waals surface area contributed by atoms with Gasteiger partial charge in [-0.3, -0.25) is 14.7 Å². The summed E-state index contributed by atoms with van der Waals surface area (Å²) in [6.07, 6.45) is 5.37. The van der Waals surface area contributed by atoms with Gasteiger partial charge in [-0.2, -0.15) is 0 Å². The predicted octanol–water partition coefficient (Wildman–Crippen LogP) is 3.16. The second-order valence-corrected chi connectivity index (χ2v) is 4.95. The van der Waals surface area contributed by atoms with Crippen LogP contribution in [-0.2, 0) is 4.79 Å². The maximum absolute atomic E-state index is 12.5. The number of hydrogen-bond donors (Lipinski definition) is 0. The van der Waals surface area contributed by atoms with Crippen LogP contribution < -0.4 is 4.90 Å². The van der Waals surface area contributed by atoms with Gasteiger partial charge in [0, 0.05) is 16.1 Å². The minimum atomic E-state index is -0.501. The molecule has 0 saturated heterocycles. The van der Waals surface area contributed by atoms with E-state index in [0.29, 0.717) is 16.3 Å². The number of carbonyl (C=O) groups is 1. The summed E-state index contributed by atoms with van der Waals surface area (Å²) in [5.74, 6) is 2.05. The molecule has 0 unspecified atom stereocenters. The van der Waals surface area contributed by atoms with Crippen molar-refractivity contribution in [1.82, 2.24) is 0 Å². The molecule has 0 N–H and O–H groups in total. The highest BCUT2D eigenvalue weighted by Gasteiger charge is 2.24. The Morgan fingerprint density at radius 2 is 2.14 bits per heavy atom. The summed E-state index contributed by atoms with van der Waals surface area (Å²) >= 11 is 6.11. The third-order valence-electron chi connectivity index (χ3n) is 3.16. The van der Waals surface area contributed by atoms with Gasteiger partial charge in [0.2, 0.25) is 5.91 Å². The van der Waals surface area contributed by atoms with Crippen molar-refractivity contribution < 1.29 is 11.6 Å². The van der Waals surface area contributed by atoms with E-state index in [0.717, 1.165) is 0 Å². The quantitative estimate of drug-likeness (QED) is 0.784. The molecule has 0 aliphatic carbocycles. The molecule has 22 heavy (non-hydrogen) atoms. The zero-order valence-electron chi connectivity index (χ0n) is 16.4. The van der Waals surface area contributed by atoms with Crippen LogP contribution >= 0.6 is 11.6 Å². The number of benzodiazepines with no additional fused rings is 1. The average molecular weight is 314 g/mol. The zero-order chi connectivity index (χ0) is 19.9. The van der Waals surface area contributed by atoms with Crippen LogP contribution in [0.2, 0.25) is 5.02 Å². The number of nitrogens with zero attached hydrogens (tertiary/aromatic N) is 2. The van der Waals surface area contributed by atoms with Gasteiger partial charge in [0.1, 0.15) is 6.54 Å². The Hall–Kier alpha value is -2.57. The van der Waals surface area contributed by atoms with Gasteiger partial charge in [0.15, 0.2) is 0 Å². The largest absolute Gasteiger partial charge is 0.299 e. The van der Waals surface area contributed by atoms with Gasteiger partial charge in [-0.25, -0.2) is 0 Å². The van der Waals surface area contributed by atoms with Crippen molar-refractivity contribution in [3.8, 4) is 12.3 Å². The van der Waals surface area contributed by atoms with Crippen LogP contribution in [0.15, 0.2) is 53.4 Å². The summed E-state index contributed by atoms with van der Waals surface area (Å²) in [5.41, 5.74) is 0.824. The monoisotopic (exact) mass is 313 g/mol. The van der Waals surface area contributed by atoms with Crippen LogP contribution in [0.25, 0.3) is 0 Å². The minimum Gasteiger partial charge on any atom is -0.299 e. The molecule has 1 heterocycles. The van der Waals surface area contributed by atoms with Crippen LogP contribution in [0.3, 0.4) is 0 Å². The van der Waals surface area contributed by atoms with Crippen LogP contribution in [0.4, 0.5) is 5.69 Å². The Kier molecular flexibility index (Phi) is 2.60. The molecule has 108 valence electrons. The Bertz CT molecular complexity index is 1020. The number of amides is 1. The molecular formula is C18H13ClN2O. The van der Waals surface area contributed by atoms with Crippen LogP contribution in [0.1, 0.15) is 18.0 Å². The second kappa shape index (κ2) is 6.05. The molecule has 1 amide bonds. The molecule has 0 saturated carbocycles. The summed E-state index contributed by atoms with van der Waals surface area (Å²) in [7, 11) is 0. The second-order valence-electron chi connectivity index (χ2n) is 4.51. The van der Waals surface area contributed by atoms with Crippen LogP contribution in [0, 0.1) is 12.3 Å². The molecular weight excluding hydrogens is 296 g/mol. The molecule has 0 atom stereocenters. The lowest BCUT2D eigenvalue weighted by atomic mass is 10.0. The predicted molar refractivity (Wildman–Crippen MR) is 89.6 cm³/mol. The SMILES string of the molecule is [2H]c1c([2H])c([2H])c(C2=NCC(=O)N(CC#C)c3ccc(Cl)cc32)c([2H])c1[2H]. The summed E-state index contributed by atoms with van der Waals surface area (Å²) in [4.78, 5) is 18.1. The van der Waals surface area contributed by atoms with E-state index in [-0.39, 0.29) is 30.3 Å². The van der Waals surface area contributed by atoms with E-state index in [9.17, 15) is 4.79 Å². The third-order valence-corrected chi connectivity index (χ3v) is 3.40. The lowest BCUT2D eigenvalue weighted by Crippen LogP contribution is -2.32. The molecule has 1 aliphatic rings. The topological polar surface area (TPSA) is 32.7 Å². The lowest BCUT2D eigenvalue weighted by molar-refractivity contribution is -0.117. The number of anilines is 1. The van der Waals surface area contributed by atoms with E-state index in [4.69, 9.17) is 24.9 Å². The van der Waals surface area contributed by atoms with Crippen LogP contribution in [0.5, 0.6) is 0 Å². The average Bonchev–Trinajstić information content (AvgIpc) is 2.77. The molecule has 0 aromatic heterocycles. The van der Waals surface area contributed by atoms with E-state index in [1.54, 1.807) is 18.2 Å². The van der Waals surface area contributed by atoms with Gasteiger partial charge >= 0.3 is 0 Å². The van der Waals surface area contributed by atoms with Gasteiger partial charge < -0.3 is 0 Å². The van der Waals surface area contributed by atoms with Gasteiger partial charge in [0.25, 0.3) is 0 Å². The maximum Gasteiger partial charge on any atom is 0.249 e. The van der Waals surface area contributed by atoms with Crippen molar-refractivity contribution in [2.45, 2.75) is 0 Å². The standard InChI is InChI=1S/C18H13ClN2O/c1-2-10-21-16-9-8-14(19)11-15(16)18(20-12-17(21)22)13-6-4-3-5-7-13/h1,3-9,11H,10,12H2/i3D,4D,5D,6D,7D. The first-order valence-corrected chi connectivity index (χ1v) is 6.81. The van der Waals surface area contributed by atoms with Crippen molar-refractivity contribution in [3.05, 3.63) is 64.6 Å². The normalized spacial score (nSPS) is 17.1. The molecule has 2 aromatic rings. The zero-order valence-corrected chi connectivity index (χ0v) is 12.2. The molecule has 0 radical (unpaired) electrons. The highest BCUT2D eigenvalue weighted by Crippen LogP contribution is 2.29. The fourth-order valence-electron chi connectivity index (χ4n) is 2.23. The number of halogens is 1. The van der Waals surface area contributed by atoms with Crippen molar-refractivity contribution in [2.75, 3.05) is 18.0 Å². The first-order valence-electron chi connectivity index (χ1n) is 8.93. The van der Waals surface area contributed by atoms with E-state index >= 15 is 0 Å². The fraction of sp³-hybridized carbons (Fsp3) is 0.111. The van der Waals surface area contributed by atoms with Gasteiger partial charge in [-0.1, -0.05) is 47.7 Å². The van der Waals surface area contributed by atoms with Crippen molar-refractivity contribution >= 4 is 28.9 Å². The number of aliphatic imine (C=N–C) groups is 1. The number of rotatable bonds is 2. The van der Waals surface area contributed by atoms with Crippen molar-refractivity contribution in [3.63, 3.8) is 0 Å². The molecule has 1 aliphatic heterocycles. The number of fused-ring (bicyclic) bond motifs is 1. The molecule has 0 fully saturated rings. The molecule has 4 heteroatoms. The van der Waals surface area contributed by atoms with E-state index in [1.807, 2.05) is 0 Å². The van der Waals surface area contributed by atoms with Gasteiger partial charge in [0.05, 0.1) is 24.8 Å². The fourth-order valence-corrected chi connectivity index (χ4v) is 2.40. The first kappa shape index (κ1) is 9.45. The Balaban J connectivity index is 2.35. The number of benzene rings is 2. The van der Waals surface area contributed by atoms with Crippen molar-refractivity contribution in [2.24, 2.45) is 4.99 Å². The Morgan fingerprint density at radius 1 is 1.36 bits per heavy atom. The summed E-state index contributed by atoms with van der Waals surface area (Å²) in [5, 5.41) is 0.351. The number of hydrogen-bond acceptors (Lipinski definition) is 2. The molecule has 0 bridgehead atoms. The summed E-state index contributed by atoms with van der Waals surface area (Å²) < 4.78 is 39.9. The molecule has 3 nitrogen and oxygen atoms in total. The van der Waals surface area contributed by atoms with Gasteiger partial charge in [-0.05, 0) is 18.2 Å². The Labute approximate surface area is 141 Å². The highest BCUT2D eigenvalue weighted by atomic mass is 35.5. The summed E-state index contributed by atoms with van der Waals surface area (Å²) in [6, 6.07) is 2.47. The molecule has 0 spiro atoms. The molecule has 2 aromatic carbocycles. The molecule has 3 rings (SSSR count). The van der Waals surface area contributed by atoms with E-state index in [1.165, 1.54) is 4.90 Å². The first-order chi connectivity index (χ1) is 12.8. The van der Waals surface area contributed by atoms with Crippen LogP contribution in [-0.4, -0.2) is 24.7 Å². The van der Waals surface area contributed by atoms with Crippen molar-refractivity contribution in [1.29, 1.82) is 0 Å². The maximum atomic E-state index is 12.5. The van der Waals surface area contributed by atoms with E-state index < -0.39 is 30.2 Å².